The summed E-state index contributed by atoms with van der Waals surface area (Å²) in [4.78, 5) is 2.82. The van der Waals surface area contributed by atoms with Gasteiger partial charge in [0.25, 0.3) is 19.7 Å². The Hall–Kier alpha value is -0.720. The summed E-state index contributed by atoms with van der Waals surface area (Å²) >= 11 is 0. The monoisotopic (exact) mass is 432 g/mol. The molecule has 0 aromatic heterocycles. The van der Waals surface area contributed by atoms with Crippen LogP contribution in [0.2, 0.25) is 0 Å². The standard InChI is InChI=1S/C20H36N2O4S2/c1-2-3-4-5-7-10-17-13-15-19(16-14-17)28(25,26)20(22-21)27(23,24)18-11-8-6-9-12-18/h17-19H,2-16H2,1H3. The zero-order chi connectivity index (χ0) is 20.6. The molecule has 0 N–H and O–H groups in total. The van der Waals surface area contributed by atoms with E-state index in [0.29, 0.717) is 31.6 Å². The van der Waals surface area contributed by atoms with Crippen molar-refractivity contribution < 1.29 is 21.6 Å². The first-order valence-corrected chi connectivity index (χ1v) is 14.1. The lowest BCUT2D eigenvalue weighted by Gasteiger charge is -2.27. The van der Waals surface area contributed by atoms with Gasteiger partial charge in [0, 0.05) is 0 Å². The summed E-state index contributed by atoms with van der Waals surface area (Å²) in [6, 6.07) is 0. The van der Waals surface area contributed by atoms with Gasteiger partial charge in [0.2, 0.25) is 0 Å². The van der Waals surface area contributed by atoms with E-state index in [9.17, 15) is 22.4 Å². The van der Waals surface area contributed by atoms with Crippen LogP contribution in [0, 0.1) is 5.92 Å². The molecular weight excluding hydrogens is 396 g/mol. The van der Waals surface area contributed by atoms with Crippen LogP contribution in [0.15, 0.2) is 0 Å². The SMILES string of the molecule is CCCCCCCC1CCC(S(=O)(=O)C(=[N+]=[N-])S(=O)(=O)C2CCCCC2)CC1. The third kappa shape index (κ3) is 5.90. The Morgan fingerprint density at radius 3 is 1.86 bits per heavy atom. The average Bonchev–Trinajstić information content (AvgIpc) is 2.69. The Bertz CT molecular complexity index is 741. The molecule has 0 atom stereocenters. The molecule has 0 aromatic rings. The Balaban J connectivity index is 1.95. The summed E-state index contributed by atoms with van der Waals surface area (Å²) < 4.78 is 50.6. The number of unbranched alkanes of at least 4 members (excludes halogenated alkanes) is 4. The van der Waals surface area contributed by atoms with Gasteiger partial charge in [0.15, 0.2) is 0 Å². The summed E-state index contributed by atoms with van der Waals surface area (Å²) in [5.41, 5.74) is 9.33. The lowest BCUT2D eigenvalue weighted by atomic mass is 9.85. The second kappa shape index (κ2) is 10.9. The second-order valence-electron chi connectivity index (χ2n) is 8.56. The lowest BCUT2D eigenvalue weighted by molar-refractivity contribution is 0.00358. The van der Waals surface area contributed by atoms with E-state index in [-0.39, 0.29) is 0 Å². The van der Waals surface area contributed by atoms with Crippen molar-refractivity contribution in [1.82, 2.24) is 0 Å². The van der Waals surface area contributed by atoms with Crippen LogP contribution in [0.3, 0.4) is 0 Å². The first kappa shape index (κ1) is 23.6. The number of nitrogens with zero attached hydrogens (tertiary/aromatic N) is 2. The minimum atomic E-state index is -4.13. The molecule has 0 amide bonds. The Morgan fingerprint density at radius 1 is 0.786 bits per heavy atom. The molecule has 8 heteroatoms. The molecule has 2 aliphatic rings. The maximum Gasteiger partial charge on any atom is 0.495 e. The number of rotatable bonds is 8. The molecule has 0 heterocycles. The molecule has 28 heavy (non-hydrogen) atoms. The zero-order valence-electron chi connectivity index (χ0n) is 17.2. The summed E-state index contributed by atoms with van der Waals surface area (Å²) in [7, 11) is -8.23. The van der Waals surface area contributed by atoms with Gasteiger partial charge in [-0.25, -0.2) is 16.8 Å². The van der Waals surface area contributed by atoms with Crippen LogP contribution in [0.4, 0.5) is 0 Å². The van der Waals surface area contributed by atoms with Gasteiger partial charge in [-0.2, -0.15) is 0 Å². The summed E-state index contributed by atoms with van der Waals surface area (Å²) in [5, 5.41) is -1.48. The fourth-order valence-corrected chi connectivity index (χ4v) is 9.46. The van der Waals surface area contributed by atoms with Crippen LogP contribution in [-0.4, -0.2) is 36.5 Å². The van der Waals surface area contributed by atoms with Crippen molar-refractivity contribution in [2.24, 2.45) is 5.92 Å². The predicted molar refractivity (Wildman–Crippen MR) is 112 cm³/mol. The van der Waals surface area contributed by atoms with E-state index in [1.807, 2.05) is 0 Å². The quantitative estimate of drug-likeness (QED) is 0.183. The molecule has 162 valence electrons. The fraction of sp³-hybridized carbons (Fsp3) is 0.950. The summed E-state index contributed by atoms with van der Waals surface area (Å²) in [6.07, 6.45) is 13.2. The van der Waals surface area contributed by atoms with Crippen molar-refractivity contribution >= 4 is 24.1 Å². The van der Waals surface area contributed by atoms with Gasteiger partial charge in [-0.15, -0.1) is 4.79 Å². The molecule has 0 radical (unpaired) electrons. The average molecular weight is 433 g/mol. The fourth-order valence-electron chi connectivity index (χ4n) is 4.70. The molecule has 6 nitrogen and oxygen atoms in total. The highest BCUT2D eigenvalue weighted by molar-refractivity contribution is 8.31. The van der Waals surface area contributed by atoms with Gasteiger partial charge >= 0.3 is 4.38 Å². The van der Waals surface area contributed by atoms with Crippen molar-refractivity contribution in [1.29, 1.82) is 0 Å². The molecule has 0 spiro atoms. The highest BCUT2D eigenvalue weighted by Gasteiger charge is 2.50. The van der Waals surface area contributed by atoms with Crippen LogP contribution in [0.25, 0.3) is 5.53 Å². The van der Waals surface area contributed by atoms with Crippen molar-refractivity contribution in [3.05, 3.63) is 5.53 Å². The lowest BCUT2D eigenvalue weighted by Crippen LogP contribution is -2.41. The molecule has 2 aliphatic carbocycles. The van der Waals surface area contributed by atoms with Crippen LogP contribution < -0.4 is 0 Å². The van der Waals surface area contributed by atoms with E-state index in [1.54, 1.807) is 0 Å². The third-order valence-electron chi connectivity index (χ3n) is 6.51. The second-order valence-corrected chi connectivity index (χ2v) is 13.1. The van der Waals surface area contributed by atoms with E-state index >= 15 is 0 Å². The van der Waals surface area contributed by atoms with Crippen LogP contribution >= 0.6 is 0 Å². The molecule has 2 fully saturated rings. The van der Waals surface area contributed by atoms with Crippen LogP contribution in [0.5, 0.6) is 0 Å². The van der Waals surface area contributed by atoms with Gasteiger partial charge in [-0.05, 0) is 44.4 Å². The van der Waals surface area contributed by atoms with Gasteiger partial charge in [-0.3, -0.25) is 0 Å². The van der Waals surface area contributed by atoms with Crippen LogP contribution in [0.1, 0.15) is 103 Å². The van der Waals surface area contributed by atoms with Crippen molar-refractivity contribution in [3.8, 4) is 0 Å². The molecule has 2 rings (SSSR count). The van der Waals surface area contributed by atoms with E-state index in [1.165, 1.54) is 32.1 Å². The maximum atomic E-state index is 13.0. The molecule has 0 bridgehead atoms. The van der Waals surface area contributed by atoms with Crippen molar-refractivity contribution in [2.75, 3.05) is 0 Å². The van der Waals surface area contributed by atoms with E-state index in [4.69, 9.17) is 0 Å². The van der Waals surface area contributed by atoms with Gasteiger partial charge in [-0.1, -0.05) is 64.7 Å². The van der Waals surface area contributed by atoms with Crippen molar-refractivity contribution in [3.63, 3.8) is 0 Å². The van der Waals surface area contributed by atoms with Crippen molar-refractivity contribution in [2.45, 2.75) is 114 Å². The largest absolute Gasteiger partial charge is 0.495 e. The van der Waals surface area contributed by atoms with Gasteiger partial charge in [0.1, 0.15) is 0 Å². The Morgan fingerprint density at radius 2 is 1.32 bits per heavy atom. The number of hydrogen-bond donors (Lipinski definition) is 0. The minimum Gasteiger partial charge on any atom is -0.359 e. The topological polar surface area (TPSA) is 105 Å². The van der Waals surface area contributed by atoms with Crippen LogP contribution in [-0.2, 0) is 19.7 Å². The molecule has 0 unspecified atom stereocenters. The number of sulfone groups is 2. The summed E-state index contributed by atoms with van der Waals surface area (Å²) in [6.45, 7) is 2.19. The zero-order valence-corrected chi connectivity index (χ0v) is 18.8. The minimum absolute atomic E-state index is 0.446. The molecule has 0 saturated heterocycles. The van der Waals surface area contributed by atoms with E-state index in [2.05, 4.69) is 11.7 Å². The van der Waals surface area contributed by atoms with Gasteiger partial charge in [0.05, 0.1) is 10.5 Å². The molecule has 0 aromatic carbocycles. The highest BCUT2D eigenvalue weighted by atomic mass is 32.3. The molecule has 0 aliphatic heterocycles. The normalized spacial score (nSPS) is 24.6. The highest BCUT2D eigenvalue weighted by Crippen LogP contribution is 2.34. The van der Waals surface area contributed by atoms with E-state index < -0.39 is 34.6 Å². The smallest absolute Gasteiger partial charge is 0.359 e. The van der Waals surface area contributed by atoms with Gasteiger partial charge < -0.3 is 5.53 Å². The summed E-state index contributed by atoms with van der Waals surface area (Å²) in [5.74, 6) is 0.526. The molecular formula is C20H36N2O4S2. The maximum absolute atomic E-state index is 13.0. The van der Waals surface area contributed by atoms with E-state index in [0.717, 1.165) is 38.5 Å². The number of hydrogen-bond acceptors (Lipinski definition) is 4. The molecule has 2 saturated carbocycles. The first-order valence-electron chi connectivity index (χ1n) is 11.0. The third-order valence-corrected chi connectivity index (χ3v) is 11.7. The Labute approximate surface area is 170 Å². The first-order chi connectivity index (χ1) is 13.3. The Kier molecular flexibility index (Phi) is 9.16. The predicted octanol–water partition coefficient (Wildman–Crippen LogP) is 4.65.